The van der Waals surface area contributed by atoms with Crippen LogP contribution in [-0.2, 0) is 4.79 Å². The largest absolute Gasteiger partial charge is 0.338 e. The Morgan fingerprint density at radius 1 is 1.70 bits per heavy atom. The fourth-order valence-corrected chi connectivity index (χ4v) is 1.18. The van der Waals surface area contributed by atoms with Crippen molar-refractivity contribution in [2.24, 2.45) is 0 Å². The predicted molar refractivity (Wildman–Crippen MR) is 36.4 cm³/mol. The van der Waals surface area contributed by atoms with E-state index in [0.717, 1.165) is 0 Å². The Morgan fingerprint density at radius 2 is 2.30 bits per heavy atom. The van der Waals surface area contributed by atoms with Crippen LogP contribution in [0.2, 0.25) is 0 Å². The third kappa shape index (κ3) is 1.13. The van der Waals surface area contributed by atoms with E-state index in [1.54, 1.807) is 4.90 Å². The predicted octanol–water partition coefficient (Wildman–Crippen LogP) is 0.965. The molecule has 1 atom stereocenters. The molecule has 58 valence electrons. The summed E-state index contributed by atoms with van der Waals surface area (Å²) in [6.07, 6.45) is -0.862. The second-order valence-electron chi connectivity index (χ2n) is 2.88. The van der Waals surface area contributed by atoms with Crippen molar-refractivity contribution in [3.63, 3.8) is 0 Å². The number of carbonyl (C=O) groups is 1. The quantitative estimate of drug-likeness (QED) is 0.538. The Bertz CT molecular complexity index is 147. The lowest BCUT2D eigenvalue weighted by atomic mass is 10.3. The summed E-state index contributed by atoms with van der Waals surface area (Å²) in [4.78, 5) is 12.5. The molecule has 0 aromatic heterocycles. The highest BCUT2D eigenvalue weighted by molar-refractivity contribution is 5.83. The van der Waals surface area contributed by atoms with Gasteiger partial charge < -0.3 is 4.90 Å². The van der Waals surface area contributed by atoms with Gasteiger partial charge in [-0.15, -0.1) is 0 Å². The standard InChI is InChI=1S/C7H12FNO/c1-5(2)9-4-3-6(8)7(9)10/h5-6H,3-4H2,1-2H3/t6-/m0/s1. The molecule has 0 unspecified atom stereocenters. The smallest absolute Gasteiger partial charge is 0.257 e. The molecule has 3 heteroatoms. The normalized spacial score (nSPS) is 26.6. The first-order chi connectivity index (χ1) is 4.63. The minimum atomic E-state index is -1.23. The SMILES string of the molecule is CC(C)N1CC[C@H](F)C1=O. The van der Waals surface area contributed by atoms with Crippen LogP contribution in [0.5, 0.6) is 0 Å². The molecule has 2 nitrogen and oxygen atoms in total. The summed E-state index contributed by atoms with van der Waals surface area (Å²) < 4.78 is 12.5. The second kappa shape index (κ2) is 2.56. The van der Waals surface area contributed by atoms with Gasteiger partial charge in [0.25, 0.3) is 5.91 Å². The molecule has 10 heavy (non-hydrogen) atoms. The maximum atomic E-state index is 12.5. The summed E-state index contributed by atoms with van der Waals surface area (Å²) in [6.45, 7) is 4.38. The summed E-state index contributed by atoms with van der Waals surface area (Å²) in [5, 5.41) is 0. The number of nitrogens with zero attached hydrogens (tertiary/aromatic N) is 1. The minimum Gasteiger partial charge on any atom is -0.338 e. The van der Waals surface area contributed by atoms with Crippen LogP contribution in [0.4, 0.5) is 4.39 Å². The third-order valence-electron chi connectivity index (χ3n) is 1.80. The average molecular weight is 145 g/mol. The van der Waals surface area contributed by atoms with Crippen molar-refractivity contribution in [1.82, 2.24) is 4.90 Å². The van der Waals surface area contributed by atoms with Crippen molar-refractivity contribution in [2.45, 2.75) is 32.5 Å². The lowest BCUT2D eigenvalue weighted by Gasteiger charge is -2.19. The van der Waals surface area contributed by atoms with Crippen LogP contribution in [0.25, 0.3) is 0 Å². The van der Waals surface area contributed by atoms with Crippen molar-refractivity contribution < 1.29 is 9.18 Å². The van der Waals surface area contributed by atoms with Crippen LogP contribution in [0.3, 0.4) is 0 Å². The lowest BCUT2D eigenvalue weighted by Crippen LogP contribution is -2.33. The molecule has 1 fully saturated rings. The van der Waals surface area contributed by atoms with E-state index in [2.05, 4.69) is 0 Å². The summed E-state index contributed by atoms with van der Waals surface area (Å²) in [7, 11) is 0. The fraction of sp³-hybridized carbons (Fsp3) is 0.857. The van der Waals surface area contributed by atoms with Crippen molar-refractivity contribution in [1.29, 1.82) is 0 Å². The van der Waals surface area contributed by atoms with Crippen molar-refractivity contribution in [3.05, 3.63) is 0 Å². The average Bonchev–Trinajstić information content (AvgIpc) is 2.14. The molecule has 1 aliphatic rings. The van der Waals surface area contributed by atoms with Gasteiger partial charge in [0.1, 0.15) is 0 Å². The Morgan fingerprint density at radius 3 is 2.50 bits per heavy atom. The highest BCUT2D eigenvalue weighted by Crippen LogP contribution is 2.16. The van der Waals surface area contributed by atoms with Gasteiger partial charge in [-0.2, -0.15) is 0 Å². The summed E-state index contributed by atoms with van der Waals surface area (Å²) in [6, 6.07) is 0.147. The first-order valence-electron chi connectivity index (χ1n) is 3.57. The van der Waals surface area contributed by atoms with Gasteiger partial charge in [-0.25, -0.2) is 4.39 Å². The summed E-state index contributed by atoms with van der Waals surface area (Å²) in [5.41, 5.74) is 0. The maximum Gasteiger partial charge on any atom is 0.257 e. The lowest BCUT2D eigenvalue weighted by molar-refractivity contribution is -0.133. The van der Waals surface area contributed by atoms with E-state index in [4.69, 9.17) is 0 Å². The van der Waals surface area contributed by atoms with Gasteiger partial charge in [0, 0.05) is 19.0 Å². The molecule has 1 amide bonds. The van der Waals surface area contributed by atoms with E-state index >= 15 is 0 Å². The van der Waals surface area contributed by atoms with Gasteiger partial charge in [0.05, 0.1) is 0 Å². The zero-order chi connectivity index (χ0) is 7.72. The number of rotatable bonds is 1. The van der Waals surface area contributed by atoms with E-state index in [0.29, 0.717) is 13.0 Å². The summed E-state index contributed by atoms with van der Waals surface area (Å²) >= 11 is 0. The molecule has 0 aromatic carbocycles. The van der Waals surface area contributed by atoms with E-state index in [1.807, 2.05) is 13.8 Å². The molecule has 0 spiro atoms. The Kier molecular flexibility index (Phi) is 1.92. The van der Waals surface area contributed by atoms with Crippen LogP contribution >= 0.6 is 0 Å². The van der Waals surface area contributed by atoms with Gasteiger partial charge >= 0.3 is 0 Å². The monoisotopic (exact) mass is 145 g/mol. The Hall–Kier alpha value is -0.600. The molecule has 0 N–H and O–H groups in total. The van der Waals surface area contributed by atoms with E-state index in [-0.39, 0.29) is 11.9 Å². The highest BCUT2D eigenvalue weighted by Gasteiger charge is 2.32. The Balaban J connectivity index is 2.57. The number of alkyl halides is 1. The minimum absolute atomic E-state index is 0.147. The first kappa shape index (κ1) is 7.51. The molecule has 0 aromatic rings. The molecular formula is C7H12FNO. The van der Waals surface area contributed by atoms with Crippen LogP contribution in [0.1, 0.15) is 20.3 Å². The summed E-state index contributed by atoms with van der Waals surface area (Å²) in [5.74, 6) is -0.338. The van der Waals surface area contributed by atoms with Crippen molar-refractivity contribution in [2.75, 3.05) is 6.54 Å². The van der Waals surface area contributed by atoms with E-state index < -0.39 is 6.17 Å². The molecule has 0 saturated carbocycles. The van der Waals surface area contributed by atoms with Gasteiger partial charge in [-0.1, -0.05) is 0 Å². The van der Waals surface area contributed by atoms with Crippen LogP contribution < -0.4 is 0 Å². The molecular weight excluding hydrogens is 133 g/mol. The molecule has 1 heterocycles. The molecule has 0 radical (unpaired) electrons. The number of hydrogen-bond donors (Lipinski definition) is 0. The molecule has 1 saturated heterocycles. The van der Waals surface area contributed by atoms with E-state index in [9.17, 15) is 9.18 Å². The van der Waals surface area contributed by atoms with Gasteiger partial charge in [0.2, 0.25) is 0 Å². The number of carbonyl (C=O) groups excluding carboxylic acids is 1. The second-order valence-corrected chi connectivity index (χ2v) is 2.88. The molecule has 0 aliphatic carbocycles. The van der Waals surface area contributed by atoms with Crippen LogP contribution in [0.15, 0.2) is 0 Å². The third-order valence-corrected chi connectivity index (χ3v) is 1.80. The topological polar surface area (TPSA) is 20.3 Å². The first-order valence-corrected chi connectivity index (χ1v) is 3.57. The zero-order valence-electron chi connectivity index (χ0n) is 6.30. The zero-order valence-corrected chi connectivity index (χ0v) is 6.30. The Labute approximate surface area is 60.0 Å². The fourth-order valence-electron chi connectivity index (χ4n) is 1.18. The number of amides is 1. The van der Waals surface area contributed by atoms with Gasteiger partial charge in [-0.05, 0) is 13.8 Å². The molecule has 1 aliphatic heterocycles. The molecule has 1 rings (SSSR count). The van der Waals surface area contributed by atoms with Crippen molar-refractivity contribution in [3.8, 4) is 0 Å². The molecule has 0 bridgehead atoms. The van der Waals surface area contributed by atoms with E-state index in [1.165, 1.54) is 0 Å². The van der Waals surface area contributed by atoms with Gasteiger partial charge in [0.15, 0.2) is 6.17 Å². The van der Waals surface area contributed by atoms with Gasteiger partial charge in [-0.3, -0.25) is 4.79 Å². The maximum absolute atomic E-state index is 12.5. The number of halogens is 1. The van der Waals surface area contributed by atoms with Crippen LogP contribution in [0, 0.1) is 0 Å². The number of likely N-dealkylation sites (tertiary alicyclic amines) is 1. The number of hydrogen-bond acceptors (Lipinski definition) is 1. The van der Waals surface area contributed by atoms with Crippen molar-refractivity contribution >= 4 is 5.91 Å². The van der Waals surface area contributed by atoms with Crippen LogP contribution in [-0.4, -0.2) is 29.6 Å². The highest BCUT2D eigenvalue weighted by atomic mass is 19.1.